The van der Waals surface area contributed by atoms with Gasteiger partial charge in [-0.05, 0) is 123 Å². The first-order valence-corrected chi connectivity index (χ1v) is 29.0. The summed E-state index contributed by atoms with van der Waals surface area (Å²) in [5, 5.41) is 15.3. The van der Waals surface area contributed by atoms with Crippen molar-refractivity contribution in [2.24, 2.45) is 23.2 Å². The lowest BCUT2D eigenvalue weighted by atomic mass is 9.74. The zero-order valence-electron chi connectivity index (χ0n) is 45.7. The number of halogens is 4. The van der Waals surface area contributed by atoms with Gasteiger partial charge in [0.05, 0.1) is 55.1 Å². The molecule has 0 spiro atoms. The molecular weight excluding hydrogens is 1090 g/mol. The molecule has 79 heavy (non-hydrogen) atoms. The number of benzene rings is 1. The Morgan fingerprint density at radius 3 is 2.37 bits per heavy atom. The highest BCUT2D eigenvalue weighted by atomic mass is 79.9. The maximum absolute atomic E-state index is 14.6. The summed E-state index contributed by atoms with van der Waals surface area (Å²) in [6.45, 7) is 6.24. The number of nitrogens with zero attached hydrogens (tertiary/aromatic N) is 4. The number of hydrogen-bond donors (Lipinski definition) is 5. The Morgan fingerprint density at radius 2 is 1.62 bits per heavy atom. The number of fused-ring (bicyclic) bond motifs is 2. The number of aryl methyl sites for hydroxylation is 2. The van der Waals surface area contributed by atoms with Gasteiger partial charge in [-0.2, -0.15) is 13.2 Å². The molecule has 21 heteroatoms. The van der Waals surface area contributed by atoms with Crippen LogP contribution >= 0.6 is 15.9 Å². The van der Waals surface area contributed by atoms with Crippen molar-refractivity contribution < 1.29 is 51.4 Å². The Kier molecular flexibility index (Phi) is 20.6. The predicted molar refractivity (Wildman–Crippen MR) is 292 cm³/mol. The van der Waals surface area contributed by atoms with E-state index in [0.717, 1.165) is 35.7 Å². The second-order valence-electron chi connectivity index (χ2n) is 22.3. The fourth-order valence-electron chi connectivity index (χ4n) is 12.5. The van der Waals surface area contributed by atoms with E-state index in [1.165, 1.54) is 17.2 Å². The molecule has 1 aromatic carbocycles. The van der Waals surface area contributed by atoms with Crippen LogP contribution in [0.15, 0.2) is 53.3 Å². The number of nitrogens with one attached hydrogen (secondary N) is 5. The van der Waals surface area contributed by atoms with Gasteiger partial charge < -0.3 is 45.9 Å². The normalized spacial score (nSPS) is 23.8. The van der Waals surface area contributed by atoms with E-state index in [1.807, 2.05) is 6.07 Å². The lowest BCUT2D eigenvalue weighted by Crippen LogP contribution is -2.48. The minimum absolute atomic E-state index is 0.0187. The number of likely N-dealkylation sites (tertiary alicyclic amines) is 1. The third kappa shape index (κ3) is 15.3. The van der Waals surface area contributed by atoms with Crippen LogP contribution in [0.25, 0.3) is 0 Å². The van der Waals surface area contributed by atoms with Gasteiger partial charge in [-0.1, -0.05) is 41.9 Å². The van der Waals surface area contributed by atoms with Crippen LogP contribution in [0.2, 0.25) is 0 Å². The van der Waals surface area contributed by atoms with E-state index in [9.17, 15) is 41.9 Å². The Labute approximate surface area is 469 Å². The molecule has 17 nitrogen and oxygen atoms in total. The molecule has 6 amide bonds. The van der Waals surface area contributed by atoms with Crippen molar-refractivity contribution >= 4 is 51.4 Å². The molecule has 2 saturated carbocycles. The first-order chi connectivity index (χ1) is 37.9. The van der Waals surface area contributed by atoms with Crippen LogP contribution in [-0.4, -0.2) is 127 Å². The zero-order chi connectivity index (χ0) is 56.3. The minimum Gasteiger partial charge on any atom is -0.379 e. The molecule has 2 aliphatic heterocycles. The number of pyridine rings is 2. The number of hydrogen-bond acceptors (Lipinski definition) is 11. The highest BCUT2D eigenvalue weighted by Crippen LogP contribution is 2.48. The summed E-state index contributed by atoms with van der Waals surface area (Å²) in [4.78, 5) is 89.8. The van der Waals surface area contributed by atoms with Crippen molar-refractivity contribution in [1.29, 1.82) is 0 Å². The molecular formula is C58H77BrF3N9O8. The van der Waals surface area contributed by atoms with E-state index in [-0.39, 0.29) is 156 Å². The molecule has 5 atom stereocenters. The number of carbonyl (C=O) groups is 6. The van der Waals surface area contributed by atoms with Crippen LogP contribution in [-0.2, 0) is 70.2 Å². The molecule has 5 aliphatic rings. The molecule has 8 rings (SSSR count). The van der Waals surface area contributed by atoms with Gasteiger partial charge in [-0.15, -0.1) is 0 Å². The summed E-state index contributed by atoms with van der Waals surface area (Å²) in [6, 6.07) is 11.1. The van der Waals surface area contributed by atoms with Gasteiger partial charge in [-0.25, -0.2) is 0 Å². The van der Waals surface area contributed by atoms with Gasteiger partial charge in [0.25, 0.3) is 0 Å². The second kappa shape index (κ2) is 27.3. The molecule has 0 radical (unpaired) electrons. The monoisotopic (exact) mass is 1160 g/mol. The third-order valence-electron chi connectivity index (χ3n) is 16.9. The third-order valence-corrected chi connectivity index (χ3v) is 17.4. The lowest BCUT2D eigenvalue weighted by Gasteiger charge is -2.40. The SMILES string of the molecule is CC(C)[C@]1(C(=O)N2CCc3nc(CCCNC(=O)C4CCC(NC(=O)CCOCCOCCNC(=O)CCNC(=O)[C@H]5CC(=O)N(C)[C@@H]5c5cccnc5)CC4)c(C(F)(F)F)cc3C2)CC[C@@H](N[C@@H]2CCc3cc(Br)ccc32)C1. The van der Waals surface area contributed by atoms with Crippen molar-refractivity contribution in [3.63, 3.8) is 0 Å². The fraction of sp³-hybridized carbons (Fsp3) is 0.621. The van der Waals surface area contributed by atoms with E-state index in [4.69, 9.17) is 9.47 Å². The number of amides is 6. The summed E-state index contributed by atoms with van der Waals surface area (Å²) >= 11 is 3.58. The predicted octanol–water partition coefficient (Wildman–Crippen LogP) is 6.60. The smallest absolute Gasteiger partial charge is 0.379 e. The van der Waals surface area contributed by atoms with Crippen LogP contribution in [0.3, 0.4) is 0 Å². The van der Waals surface area contributed by atoms with Crippen LogP contribution in [0, 0.1) is 23.2 Å². The molecule has 3 aromatic rings. The van der Waals surface area contributed by atoms with Crippen LogP contribution in [0.1, 0.15) is 142 Å². The number of alkyl halides is 3. The number of ether oxygens (including phenoxy) is 2. The van der Waals surface area contributed by atoms with Crippen LogP contribution in [0.4, 0.5) is 13.2 Å². The Bertz CT molecular complexity index is 2640. The maximum atomic E-state index is 14.6. The summed E-state index contributed by atoms with van der Waals surface area (Å²) < 4.78 is 56.0. The fourth-order valence-corrected chi connectivity index (χ4v) is 12.9. The summed E-state index contributed by atoms with van der Waals surface area (Å²) in [7, 11) is 1.67. The van der Waals surface area contributed by atoms with E-state index < -0.39 is 29.1 Å². The topological polar surface area (TPSA) is 213 Å². The van der Waals surface area contributed by atoms with Gasteiger partial charge in [0, 0.05) is 112 Å². The number of rotatable bonds is 24. The summed E-state index contributed by atoms with van der Waals surface area (Å²) in [5.74, 6) is -1.73. The molecule has 2 aromatic heterocycles. The summed E-state index contributed by atoms with van der Waals surface area (Å²) in [5.41, 5.74) is 3.03. The number of carbonyl (C=O) groups excluding carboxylic acids is 6. The van der Waals surface area contributed by atoms with Gasteiger partial charge in [0.2, 0.25) is 35.4 Å². The van der Waals surface area contributed by atoms with Crippen molar-refractivity contribution in [3.05, 3.63) is 92.5 Å². The van der Waals surface area contributed by atoms with Crippen molar-refractivity contribution in [1.82, 2.24) is 46.4 Å². The molecule has 0 bridgehead atoms. The second-order valence-corrected chi connectivity index (χ2v) is 23.3. The molecule has 1 saturated heterocycles. The van der Waals surface area contributed by atoms with E-state index in [2.05, 4.69) is 84.5 Å². The molecule has 5 N–H and O–H groups in total. The number of aromatic nitrogens is 2. The van der Waals surface area contributed by atoms with E-state index in [1.54, 1.807) is 35.3 Å². The largest absolute Gasteiger partial charge is 0.418 e. The average Bonchev–Trinajstić information content (AvgIpc) is 4.38. The quantitative estimate of drug-likeness (QED) is 0.0603. The van der Waals surface area contributed by atoms with E-state index >= 15 is 0 Å². The molecule has 0 unspecified atom stereocenters. The van der Waals surface area contributed by atoms with E-state index in [0.29, 0.717) is 56.3 Å². The van der Waals surface area contributed by atoms with Crippen molar-refractivity contribution in [2.45, 2.75) is 147 Å². The maximum Gasteiger partial charge on any atom is 0.418 e. The molecule has 430 valence electrons. The standard InChI is InChI=1S/C58H77BrF3N9O8/c1-36(2)57(20-16-43(33-57)67-48-15-10-38-30-41(59)11-14-44(38)48)56(77)71-25-18-47-40(35-71)31-46(58(60,61)62)49(69-47)7-5-22-65-54(75)37-8-12-42(13-9-37)68-51(73)19-26-78-28-29-79-27-24-64-50(72)17-23-66-55(76)45-32-52(74)70(3)53(45)39-6-4-21-63-34-39/h4,6,11,14,21,30-31,34,36-37,42-43,45,48,53,67H,5,7-10,12-13,15-20,22-29,32-33,35H2,1-3H3,(H,64,72)(H,65,75)(H,66,76)(H,68,73)/t37?,42?,43-,45+,48-,53-,57+/m1/s1. The first-order valence-electron chi connectivity index (χ1n) is 28.2. The average molecular weight is 1170 g/mol. The molecule has 4 heterocycles. The van der Waals surface area contributed by atoms with Gasteiger partial charge in [-0.3, -0.25) is 38.7 Å². The summed E-state index contributed by atoms with van der Waals surface area (Å²) in [6.07, 6.45) is 6.35. The Morgan fingerprint density at radius 1 is 0.848 bits per heavy atom. The first kappa shape index (κ1) is 59.6. The highest BCUT2D eigenvalue weighted by Gasteiger charge is 2.50. The lowest BCUT2D eigenvalue weighted by molar-refractivity contribution is -0.146. The Hall–Kier alpha value is -5.51. The van der Waals surface area contributed by atoms with Gasteiger partial charge in [0.1, 0.15) is 0 Å². The zero-order valence-corrected chi connectivity index (χ0v) is 47.3. The van der Waals surface area contributed by atoms with Gasteiger partial charge in [0.15, 0.2) is 0 Å². The van der Waals surface area contributed by atoms with Crippen molar-refractivity contribution in [2.75, 3.05) is 59.7 Å². The van der Waals surface area contributed by atoms with Crippen molar-refractivity contribution in [3.8, 4) is 0 Å². The molecule has 3 aliphatic carbocycles. The van der Waals surface area contributed by atoms with Gasteiger partial charge >= 0.3 is 6.18 Å². The highest BCUT2D eigenvalue weighted by molar-refractivity contribution is 9.10. The van der Waals surface area contributed by atoms with Crippen LogP contribution < -0.4 is 26.6 Å². The minimum atomic E-state index is -4.64. The molecule has 3 fully saturated rings. The Balaban J connectivity index is 0.666. The van der Waals surface area contributed by atoms with Crippen LogP contribution in [0.5, 0.6) is 0 Å².